The fourth-order valence-corrected chi connectivity index (χ4v) is 12.7. The first-order valence-electron chi connectivity index (χ1n) is 21.7. The van der Waals surface area contributed by atoms with Crippen LogP contribution in [0.1, 0.15) is 69.1 Å². The molecule has 5 aliphatic carbocycles. The van der Waals surface area contributed by atoms with Crippen LogP contribution in [0.15, 0.2) is 170 Å². The van der Waals surface area contributed by atoms with E-state index in [0.717, 1.165) is 17.8 Å². The molecule has 8 aromatic carbocycles. The predicted octanol–water partition coefficient (Wildman–Crippen LogP) is 15.6. The van der Waals surface area contributed by atoms with E-state index in [1.807, 2.05) is 0 Å². The Labute approximate surface area is 343 Å². The number of fused-ring (bicyclic) bond motifs is 5. The lowest BCUT2D eigenvalue weighted by atomic mass is 9.48. The fourth-order valence-electron chi connectivity index (χ4n) is 12.7. The molecule has 282 valence electrons. The summed E-state index contributed by atoms with van der Waals surface area (Å²) in [7, 11) is 0. The minimum atomic E-state index is -0.111. The van der Waals surface area contributed by atoms with Gasteiger partial charge in [-0.15, -0.1) is 0 Å². The van der Waals surface area contributed by atoms with Crippen molar-refractivity contribution >= 4 is 38.6 Å². The molecule has 0 saturated heterocycles. The number of anilines is 3. The van der Waals surface area contributed by atoms with Crippen LogP contribution in [0.4, 0.5) is 17.1 Å². The SMILES string of the molecule is CC1(C)c2ccccc2-c2ccc(N(c3ccccc3-c3ccc4ccccc4c3)c3ccc(-c4ccc(C56CC7CC(CC(C7)C5)C6)cc4)c4ccccc34)cc21. The summed E-state index contributed by atoms with van der Waals surface area (Å²) in [4.78, 5) is 2.53. The van der Waals surface area contributed by atoms with Crippen LogP contribution in [0.25, 0.3) is 54.9 Å². The van der Waals surface area contributed by atoms with Gasteiger partial charge >= 0.3 is 0 Å². The Morgan fingerprint density at radius 3 is 1.81 bits per heavy atom. The highest BCUT2D eigenvalue weighted by molar-refractivity contribution is 6.07. The van der Waals surface area contributed by atoms with Crippen LogP contribution < -0.4 is 4.90 Å². The first-order chi connectivity index (χ1) is 28.4. The van der Waals surface area contributed by atoms with Crippen molar-refractivity contribution in [3.63, 3.8) is 0 Å². The summed E-state index contributed by atoms with van der Waals surface area (Å²) in [5, 5.41) is 5.04. The first kappa shape index (κ1) is 34.1. The van der Waals surface area contributed by atoms with Crippen LogP contribution in [-0.4, -0.2) is 0 Å². The number of nitrogens with zero attached hydrogens (tertiary/aromatic N) is 1. The zero-order valence-electron chi connectivity index (χ0n) is 33.6. The average Bonchev–Trinajstić information content (AvgIpc) is 3.48. The Hall–Kier alpha value is -5.92. The standard InChI is InChI=1S/C57H49N/c1-56(2)52-17-9-7-15-49(52)50-26-25-45(33-53(50)56)58(54-18-10-8-13-47(54)43-20-19-40-11-3-4-12-42(40)32-43)55-28-27-46(48-14-5-6-16-51(48)55)41-21-23-44(24-22-41)57-34-37-29-38(35-57)31-39(30-37)36-57/h3-28,32-33,37-39H,29-31,34-36H2,1-2H3. The topological polar surface area (TPSA) is 3.24 Å². The lowest BCUT2D eigenvalue weighted by Gasteiger charge is -2.57. The maximum Gasteiger partial charge on any atom is 0.0540 e. The van der Waals surface area contributed by atoms with E-state index in [1.54, 1.807) is 5.56 Å². The van der Waals surface area contributed by atoms with E-state index < -0.39 is 0 Å². The van der Waals surface area contributed by atoms with Gasteiger partial charge in [0.2, 0.25) is 0 Å². The first-order valence-corrected chi connectivity index (χ1v) is 21.7. The molecule has 0 aromatic heterocycles. The molecule has 58 heavy (non-hydrogen) atoms. The maximum absolute atomic E-state index is 2.53. The van der Waals surface area contributed by atoms with Gasteiger partial charge in [-0.1, -0.05) is 153 Å². The molecular weight excluding hydrogens is 699 g/mol. The molecule has 0 radical (unpaired) electrons. The molecular formula is C57H49N. The van der Waals surface area contributed by atoms with Crippen LogP contribution in [0.3, 0.4) is 0 Å². The monoisotopic (exact) mass is 747 g/mol. The van der Waals surface area contributed by atoms with Crippen molar-refractivity contribution in [3.05, 3.63) is 187 Å². The van der Waals surface area contributed by atoms with Gasteiger partial charge in [0.05, 0.1) is 11.4 Å². The van der Waals surface area contributed by atoms with Crippen LogP contribution in [0.5, 0.6) is 0 Å². The number of hydrogen-bond acceptors (Lipinski definition) is 1. The van der Waals surface area contributed by atoms with Gasteiger partial charge in [-0.25, -0.2) is 0 Å². The molecule has 0 unspecified atom stereocenters. The minimum absolute atomic E-state index is 0.111. The highest BCUT2D eigenvalue weighted by atomic mass is 15.1. The lowest BCUT2D eigenvalue weighted by Crippen LogP contribution is -2.48. The Balaban J connectivity index is 1.02. The maximum atomic E-state index is 2.53. The van der Waals surface area contributed by atoms with Crippen molar-refractivity contribution in [2.24, 2.45) is 17.8 Å². The van der Waals surface area contributed by atoms with E-state index in [2.05, 4.69) is 189 Å². The summed E-state index contributed by atoms with van der Waals surface area (Å²) in [5.41, 5.74) is 15.9. The van der Waals surface area contributed by atoms with Gasteiger partial charge in [-0.3, -0.25) is 0 Å². The summed E-state index contributed by atoms with van der Waals surface area (Å²) < 4.78 is 0. The van der Waals surface area contributed by atoms with Gasteiger partial charge in [0.25, 0.3) is 0 Å². The molecule has 5 aliphatic rings. The van der Waals surface area contributed by atoms with Gasteiger partial charge in [0.1, 0.15) is 0 Å². The van der Waals surface area contributed by atoms with Crippen molar-refractivity contribution in [1.82, 2.24) is 0 Å². The van der Waals surface area contributed by atoms with Crippen molar-refractivity contribution in [2.75, 3.05) is 4.90 Å². The fraction of sp³-hybridized carbons (Fsp3) is 0.228. The van der Waals surface area contributed by atoms with E-state index in [9.17, 15) is 0 Å². The second kappa shape index (κ2) is 12.8. The normalized spacial score (nSPS) is 22.3. The van der Waals surface area contributed by atoms with Gasteiger partial charge in [0.15, 0.2) is 0 Å². The Morgan fingerprint density at radius 2 is 1.03 bits per heavy atom. The highest BCUT2D eigenvalue weighted by Crippen LogP contribution is 2.61. The van der Waals surface area contributed by atoms with Gasteiger partial charge < -0.3 is 4.90 Å². The lowest BCUT2D eigenvalue weighted by molar-refractivity contribution is -0.00518. The molecule has 1 nitrogen and oxygen atoms in total. The van der Waals surface area contributed by atoms with Crippen molar-refractivity contribution in [2.45, 2.75) is 63.2 Å². The molecule has 8 aromatic rings. The van der Waals surface area contributed by atoms with Crippen molar-refractivity contribution in [3.8, 4) is 33.4 Å². The van der Waals surface area contributed by atoms with E-state index in [-0.39, 0.29) is 5.41 Å². The second-order valence-corrected chi connectivity index (χ2v) is 18.8. The van der Waals surface area contributed by atoms with E-state index in [0.29, 0.717) is 5.41 Å². The van der Waals surface area contributed by atoms with Gasteiger partial charge in [-0.2, -0.15) is 0 Å². The molecule has 4 bridgehead atoms. The Morgan fingerprint density at radius 1 is 0.431 bits per heavy atom. The molecule has 0 spiro atoms. The third-order valence-corrected chi connectivity index (χ3v) is 15.0. The highest BCUT2D eigenvalue weighted by Gasteiger charge is 2.51. The average molecular weight is 748 g/mol. The van der Waals surface area contributed by atoms with Gasteiger partial charge in [-0.05, 0) is 153 Å². The van der Waals surface area contributed by atoms with Gasteiger partial charge in [0, 0.05) is 22.1 Å². The Kier molecular flexibility index (Phi) is 7.53. The molecule has 0 N–H and O–H groups in total. The number of para-hydroxylation sites is 1. The predicted molar refractivity (Wildman–Crippen MR) is 244 cm³/mol. The van der Waals surface area contributed by atoms with Crippen LogP contribution in [0.2, 0.25) is 0 Å². The molecule has 0 heterocycles. The van der Waals surface area contributed by atoms with E-state index in [4.69, 9.17) is 0 Å². The zero-order valence-corrected chi connectivity index (χ0v) is 33.6. The smallest absolute Gasteiger partial charge is 0.0540 e. The summed E-state index contributed by atoms with van der Waals surface area (Å²) in [6.45, 7) is 4.76. The third-order valence-electron chi connectivity index (χ3n) is 15.0. The van der Waals surface area contributed by atoms with E-state index in [1.165, 1.54) is 122 Å². The molecule has 0 aliphatic heterocycles. The van der Waals surface area contributed by atoms with Crippen LogP contribution >= 0.6 is 0 Å². The number of hydrogen-bond donors (Lipinski definition) is 0. The molecule has 1 heteroatoms. The number of benzene rings is 8. The van der Waals surface area contributed by atoms with Crippen LogP contribution in [-0.2, 0) is 10.8 Å². The van der Waals surface area contributed by atoms with Crippen molar-refractivity contribution in [1.29, 1.82) is 0 Å². The van der Waals surface area contributed by atoms with Crippen molar-refractivity contribution < 1.29 is 0 Å². The zero-order chi connectivity index (χ0) is 38.6. The summed E-state index contributed by atoms with van der Waals surface area (Å²) in [5.74, 6) is 2.84. The quantitative estimate of drug-likeness (QED) is 0.164. The summed E-state index contributed by atoms with van der Waals surface area (Å²) in [6.07, 6.45) is 8.65. The summed E-state index contributed by atoms with van der Waals surface area (Å²) >= 11 is 0. The largest absolute Gasteiger partial charge is 0.309 e. The summed E-state index contributed by atoms with van der Waals surface area (Å²) in [6, 6.07) is 64.4. The molecule has 4 fully saturated rings. The molecule has 4 saturated carbocycles. The molecule has 13 rings (SSSR count). The second-order valence-electron chi connectivity index (χ2n) is 18.8. The Bertz CT molecular complexity index is 2880. The van der Waals surface area contributed by atoms with E-state index >= 15 is 0 Å². The number of rotatable bonds is 6. The minimum Gasteiger partial charge on any atom is -0.309 e. The van der Waals surface area contributed by atoms with Crippen LogP contribution in [0, 0.1) is 17.8 Å². The molecule has 0 amide bonds. The third kappa shape index (κ3) is 5.22. The molecule has 0 atom stereocenters.